The Morgan fingerprint density at radius 2 is 2.38 bits per heavy atom. The van der Waals surface area contributed by atoms with Gasteiger partial charge in [-0.15, -0.1) is 6.58 Å². The van der Waals surface area contributed by atoms with Crippen LogP contribution in [0.4, 0.5) is 0 Å². The fraction of sp³-hybridized carbons (Fsp3) is 0.733. The second-order valence-corrected chi connectivity index (χ2v) is 4.83. The summed E-state index contributed by atoms with van der Waals surface area (Å²) in [6.45, 7) is 7.20. The molecule has 0 heterocycles. The van der Waals surface area contributed by atoms with Gasteiger partial charge in [0.2, 0.25) is 0 Å². The van der Waals surface area contributed by atoms with E-state index in [4.69, 9.17) is 0 Å². The molecule has 1 aliphatic carbocycles. The molecule has 0 aromatic carbocycles. The van der Waals surface area contributed by atoms with Gasteiger partial charge in [0.1, 0.15) is 0 Å². The summed E-state index contributed by atoms with van der Waals surface area (Å²) in [6, 6.07) is 0.669. The molecular formula is C15H27N. The molecule has 0 aromatic heterocycles. The summed E-state index contributed by atoms with van der Waals surface area (Å²) in [5, 5.41) is 3.66. The number of rotatable bonds is 8. The van der Waals surface area contributed by atoms with Crippen LogP contribution in [0.5, 0.6) is 0 Å². The maximum absolute atomic E-state index is 3.82. The maximum Gasteiger partial charge on any atom is 0.0107 e. The van der Waals surface area contributed by atoms with Gasteiger partial charge in [-0.3, -0.25) is 0 Å². The standard InChI is InChI=1S/C15H27N/c1-3-5-11-15(16-12-4-2)13-14-9-7-6-8-10-14/h3,9,15-16H,1,4-8,10-13H2,2H3. The van der Waals surface area contributed by atoms with Crippen molar-refractivity contribution in [2.75, 3.05) is 6.54 Å². The first kappa shape index (κ1) is 13.5. The number of hydrogen-bond donors (Lipinski definition) is 1. The maximum atomic E-state index is 3.82. The molecule has 92 valence electrons. The van der Waals surface area contributed by atoms with Gasteiger partial charge in [-0.05, 0) is 57.9 Å². The quantitative estimate of drug-likeness (QED) is 0.605. The zero-order valence-corrected chi connectivity index (χ0v) is 10.8. The van der Waals surface area contributed by atoms with E-state index in [1.807, 2.05) is 6.08 Å². The SMILES string of the molecule is C=CCCC(CC1=CCCCC1)NCCC. The molecule has 0 bridgehead atoms. The summed E-state index contributed by atoms with van der Waals surface area (Å²) in [7, 11) is 0. The average molecular weight is 221 g/mol. The van der Waals surface area contributed by atoms with Crippen LogP contribution in [0.1, 0.15) is 58.3 Å². The zero-order valence-electron chi connectivity index (χ0n) is 10.8. The van der Waals surface area contributed by atoms with Crippen LogP contribution in [0, 0.1) is 0 Å². The van der Waals surface area contributed by atoms with Gasteiger partial charge in [0.05, 0.1) is 0 Å². The molecule has 0 saturated carbocycles. The summed E-state index contributed by atoms with van der Waals surface area (Å²) in [4.78, 5) is 0. The van der Waals surface area contributed by atoms with E-state index in [0.717, 1.165) is 13.0 Å². The van der Waals surface area contributed by atoms with Gasteiger partial charge in [-0.2, -0.15) is 0 Å². The van der Waals surface area contributed by atoms with Crippen LogP contribution in [0.15, 0.2) is 24.3 Å². The Hall–Kier alpha value is -0.560. The fourth-order valence-corrected chi connectivity index (χ4v) is 2.35. The molecule has 0 radical (unpaired) electrons. The first-order chi connectivity index (χ1) is 7.86. The number of hydrogen-bond acceptors (Lipinski definition) is 1. The number of allylic oxidation sites excluding steroid dienone is 2. The van der Waals surface area contributed by atoms with E-state index < -0.39 is 0 Å². The number of nitrogens with one attached hydrogen (secondary N) is 1. The van der Waals surface area contributed by atoms with Crippen LogP contribution < -0.4 is 5.32 Å². The highest BCUT2D eigenvalue weighted by molar-refractivity contribution is 5.07. The Kier molecular flexibility index (Phi) is 7.24. The second kappa shape index (κ2) is 8.58. The van der Waals surface area contributed by atoms with E-state index in [1.165, 1.54) is 44.9 Å². The average Bonchev–Trinajstić information content (AvgIpc) is 2.34. The molecule has 1 heteroatoms. The van der Waals surface area contributed by atoms with E-state index in [2.05, 4.69) is 24.9 Å². The molecular weight excluding hydrogens is 194 g/mol. The highest BCUT2D eigenvalue weighted by atomic mass is 14.9. The minimum atomic E-state index is 0.669. The highest BCUT2D eigenvalue weighted by Gasteiger charge is 2.11. The van der Waals surface area contributed by atoms with Gasteiger partial charge in [0, 0.05) is 6.04 Å². The summed E-state index contributed by atoms with van der Waals surface area (Å²) < 4.78 is 0. The molecule has 1 unspecified atom stereocenters. The van der Waals surface area contributed by atoms with Gasteiger partial charge >= 0.3 is 0 Å². The van der Waals surface area contributed by atoms with E-state index in [1.54, 1.807) is 5.57 Å². The minimum Gasteiger partial charge on any atom is -0.314 e. The molecule has 1 aliphatic rings. The lowest BCUT2D eigenvalue weighted by molar-refractivity contribution is 0.469. The highest BCUT2D eigenvalue weighted by Crippen LogP contribution is 2.22. The Morgan fingerprint density at radius 1 is 1.50 bits per heavy atom. The third kappa shape index (κ3) is 5.50. The lowest BCUT2D eigenvalue weighted by atomic mass is 9.92. The summed E-state index contributed by atoms with van der Waals surface area (Å²) in [5.41, 5.74) is 1.68. The van der Waals surface area contributed by atoms with Crippen molar-refractivity contribution in [2.24, 2.45) is 0 Å². The normalized spacial score (nSPS) is 17.9. The van der Waals surface area contributed by atoms with Crippen molar-refractivity contribution in [1.82, 2.24) is 5.32 Å². The predicted octanol–water partition coefficient (Wildman–Crippen LogP) is 4.21. The van der Waals surface area contributed by atoms with E-state index in [0.29, 0.717) is 6.04 Å². The first-order valence-electron chi connectivity index (χ1n) is 6.89. The largest absolute Gasteiger partial charge is 0.314 e. The Balaban J connectivity index is 2.34. The molecule has 1 atom stereocenters. The van der Waals surface area contributed by atoms with Crippen LogP contribution in [0.3, 0.4) is 0 Å². The predicted molar refractivity (Wildman–Crippen MR) is 72.7 cm³/mol. The van der Waals surface area contributed by atoms with Crippen LogP contribution in [-0.4, -0.2) is 12.6 Å². The molecule has 0 spiro atoms. The Bertz CT molecular complexity index is 217. The van der Waals surface area contributed by atoms with Crippen molar-refractivity contribution >= 4 is 0 Å². The molecule has 0 amide bonds. The molecule has 0 saturated heterocycles. The van der Waals surface area contributed by atoms with Crippen LogP contribution in [-0.2, 0) is 0 Å². The molecule has 1 rings (SSSR count). The summed E-state index contributed by atoms with van der Waals surface area (Å²) in [6.07, 6.45) is 14.8. The third-order valence-corrected chi connectivity index (χ3v) is 3.30. The van der Waals surface area contributed by atoms with Crippen LogP contribution in [0.25, 0.3) is 0 Å². The summed E-state index contributed by atoms with van der Waals surface area (Å²) >= 11 is 0. The Morgan fingerprint density at radius 3 is 3.00 bits per heavy atom. The van der Waals surface area contributed by atoms with E-state index in [9.17, 15) is 0 Å². The zero-order chi connectivity index (χ0) is 11.6. The van der Waals surface area contributed by atoms with Crippen LogP contribution >= 0.6 is 0 Å². The van der Waals surface area contributed by atoms with Crippen LogP contribution in [0.2, 0.25) is 0 Å². The molecule has 16 heavy (non-hydrogen) atoms. The first-order valence-corrected chi connectivity index (χ1v) is 6.89. The van der Waals surface area contributed by atoms with Crippen molar-refractivity contribution < 1.29 is 0 Å². The van der Waals surface area contributed by atoms with Crippen molar-refractivity contribution in [3.63, 3.8) is 0 Å². The lowest BCUT2D eigenvalue weighted by Gasteiger charge is -2.21. The lowest BCUT2D eigenvalue weighted by Crippen LogP contribution is -2.30. The monoisotopic (exact) mass is 221 g/mol. The smallest absolute Gasteiger partial charge is 0.0107 e. The van der Waals surface area contributed by atoms with E-state index >= 15 is 0 Å². The van der Waals surface area contributed by atoms with Gasteiger partial charge in [0.15, 0.2) is 0 Å². The topological polar surface area (TPSA) is 12.0 Å². The van der Waals surface area contributed by atoms with Crippen molar-refractivity contribution in [3.8, 4) is 0 Å². The third-order valence-electron chi connectivity index (χ3n) is 3.30. The van der Waals surface area contributed by atoms with E-state index in [-0.39, 0.29) is 0 Å². The molecule has 1 nitrogen and oxygen atoms in total. The van der Waals surface area contributed by atoms with Gasteiger partial charge in [-0.1, -0.05) is 24.6 Å². The van der Waals surface area contributed by atoms with Crippen molar-refractivity contribution in [2.45, 2.75) is 64.3 Å². The van der Waals surface area contributed by atoms with Gasteiger partial charge < -0.3 is 5.32 Å². The van der Waals surface area contributed by atoms with Crippen molar-refractivity contribution in [1.29, 1.82) is 0 Å². The van der Waals surface area contributed by atoms with Gasteiger partial charge in [-0.25, -0.2) is 0 Å². The molecule has 0 aromatic rings. The van der Waals surface area contributed by atoms with Crippen molar-refractivity contribution in [3.05, 3.63) is 24.3 Å². The second-order valence-electron chi connectivity index (χ2n) is 4.83. The van der Waals surface area contributed by atoms with Gasteiger partial charge in [0.25, 0.3) is 0 Å². The molecule has 0 aliphatic heterocycles. The Labute approximate surface area is 101 Å². The summed E-state index contributed by atoms with van der Waals surface area (Å²) in [5.74, 6) is 0. The minimum absolute atomic E-state index is 0.669. The fourth-order valence-electron chi connectivity index (χ4n) is 2.35. The molecule has 1 N–H and O–H groups in total. The molecule has 0 fully saturated rings.